The molecule has 0 saturated heterocycles. The van der Waals surface area contributed by atoms with Crippen molar-refractivity contribution in [3.8, 4) is 11.5 Å². The number of hydrogen-bond acceptors (Lipinski definition) is 3. The molecule has 1 heterocycles. The SMILES string of the molecule is Clc1ccc(-c2nnc(C(Cl)(Cl)Cl)o2)cc1Cl. The van der Waals surface area contributed by atoms with Gasteiger partial charge in [0.1, 0.15) is 0 Å². The summed E-state index contributed by atoms with van der Waals surface area (Å²) in [6.07, 6.45) is 0. The average molecular weight is 332 g/mol. The summed E-state index contributed by atoms with van der Waals surface area (Å²) in [7, 11) is 0. The van der Waals surface area contributed by atoms with E-state index < -0.39 is 3.79 Å². The van der Waals surface area contributed by atoms with Crippen LogP contribution in [0.3, 0.4) is 0 Å². The van der Waals surface area contributed by atoms with Crippen LogP contribution in [-0.2, 0) is 3.79 Å². The smallest absolute Gasteiger partial charge is 0.268 e. The summed E-state index contributed by atoms with van der Waals surface area (Å²) >= 11 is 28.5. The summed E-state index contributed by atoms with van der Waals surface area (Å²) in [5, 5.41) is 8.18. The zero-order chi connectivity index (χ0) is 12.6. The zero-order valence-electron chi connectivity index (χ0n) is 7.92. The highest BCUT2D eigenvalue weighted by Gasteiger charge is 2.30. The van der Waals surface area contributed by atoms with Gasteiger partial charge in [-0.1, -0.05) is 58.0 Å². The minimum atomic E-state index is -1.75. The minimum absolute atomic E-state index is 0.108. The lowest BCUT2D eigenvalue weighted by molar-refractivity contribution is 0.514. The molecule has 0 aliphatic heterocycles. The average Bonchev–Trinajstić information content (AvgIpc) is 2.70. The van der Waals surface area contributed by atoms with E-state index in [-0.39, 0.29) is 11.8 Å². The minimum Gasteiger partial charge on any atom is -0.416 e. The van der Waals surface area contributed by atoms with Crippen LogP contribution < -0.4 is 0 Å². The first kappa shape index (κ1) is 13.2. The van der Waals surface area contributed by atoms with E-state index in [0.29, 0.717) is 15.6 Å². The molecule has 0 fully saturated rings. The Balaban J connectivity index is 2.40. The third kappa shape index (κ3) is 2.98. The monoisotopic (exact) mass is 330 g/mol. The molecule has 0 bridgehead atoms. The fourth-order valence-corrected chi connectivity index (χ4v) is 1.61. The van der Waals surface area contributed by atoms with Crippen molar-refractivity contribution in [2.75, 3.05) is 0 Å². The molecule has 0 amide bonds. The number of alkyl halides is 3. The molecule has 0 unspecified atom stereocenters. The van der Waals surface area contributed by atoms with Crippen LogP contribution in [0.25, 0.3) is 11.5 Å². The van der Waals surface area contributed by atoms with Crippen molar-refractivity contribution in [1.29, 1.82) is 0 Å². The van der Waals surface area contributed by atoms with Crippen molar-refractivity contribution in [2.24, 2.45) is 0 Å². The van der Waals surface area contributed by atoms with Gasteiger partial charge in [-0.2, -0.15) is 0 Å². The highest BCUT2D eigenvalue weighted by molar-refractivity contribution is 6.66. The number of halogens is 5. The lowest BCUT2D eigenvalue weighted by Crippen LogP contribution is -1.99. The van der Waals surface area contributed by atoms with Gasteiger partial charge in [0, 0.05) is 5.56 Å². The first-order valence-electron chi connectivity index (χ1n) is 4.24. The van der Waals surface area contributed by atoms with E-state index in [2.05, 4.69) is 10.2 Å². The third-order valence-electron chi connectivity index (χ3n) is 1.83. The number of aromatic nitrogens is 2. The number of rotatable bonds is 1. The lowest BCUT2D eigenvalue weighted by atomic mass is 10.2. The molecule has 0 atom stereocenters. The number of nitrogens with zero attached hydrogens (tertiary/aromatic N) is 2. The molecule has 0 aliphatic carbocycles. The van der Waals surface area contributed by atoms with Gasteiger partial charge in [0.05, 0.1) is 10.0 Å². The van der Waals surface area contributed by atoms with Gasteiger partial charge in [-0.3, -0.25) is 0 Å². The van der Waals surface area contributed by atoms with Gasteiger partial charge in [-0.25, -0.2) is 0 Å². The van der Waals surface area contributed by atoms with Gasteiger partial charge in [-0.05, 0) is 18.2 Å². The molecular formula is C9H3Cl5N2O. The summed E-state index contributed by atoms with van der Waals surface area (Å²) < 4.78 is 3.46. The van der Waals surface area contributed by atoms with E-state index >= 15 is 0 Å². The molecule has 0 aliphatic rings. The van der Waals surface area contributed by atoms with Gasteiger partial charge in [0.25, 0.3) is 9.68 Å². The first-order valence-corrected chi connectivity index (χ1v) is 6.13. The normalized spacial score (nSPS) is 11.8. The highest BCUT2D eigenvalue weighted by atomic mass is 35.6. The Morgan fingerprint density at radius 1 is 1.00 bits per heavy atom. The van der Waals surface area contributed by atoms with Gasteiger partial charge >= 0.3 is 0 Å². The number of hydrogen-bond donors (Lipinski definition) is 0. The highest BCUT2D eigenvalue weighted by Crippen LogP contribution is 2.38. The van der Waals surface area contributed by atoms with Crippen LogP contribution in [0, 0.1) is 0 Å². The molecule has 1 aromatic carbocycles. The largest absolute Gasteiger partial charge is 0.416 e. The molecule has 0 radical (unpaired) electrons. The maximum atomic E-state index is 5.86. The molecule has 90 valence electrons. The first-order chi connectivity index (χ1) is 7.88. The molecule has 2 aromatic rings. The molecular weight excluding hydrogens is 329 g/mol. The van der Waals surface area contributed by atoms with Gasteiger partial charge < -0.3 is 4.42 Å². The zero-order valence-corrected chi connectivity index (χ0v) is 11.7. The van der Waals surface area contributed by atoms with Crippen LogP contribution in [0.2, 0.25) is 10.0 Å². The van der Waals surface area contributed by atoms with Crippen molar-refractivity contribution in [1.82, 2.24) is 10.2 Å². The predicted molar refractivity (Wildman–Crippen MR) is 69.0 cm³/mol. The second kappa shape index (κ2) is 4.82. The van der Waals surface area contributed by atoms with Gasteiger partial charge in [0.2, 0.25) is 5.89 Å². The Morgan fingerprint density at radius 2 is 1.71 bits per heavy atom. The summed E-state index contributed by atoms with van der Waals surface area (Å²) in [4.78, 5) is 0. The van der Waals surface area contributed by atoms with Crippen LogP contribution >= 0.6 is 58.0 Å². The standard InChI is InChI=1S/C9H3Cl5N2O/c10-5-2-1-4(3-6(5)11)7-15-16-8(17-7)9(12,13)14/h1-3H. The van der Waals surface area contributed by atoms with Crippen molar-refractivity contribution < 1.29 is 4.42 Å². The number of benzene rings is 1. The fraction of sp³-hybridized carbons (Fsp3) is 0.111. The van der Waals surface area contributed by atoms with E-state index in [1.165, 1.54) is 0 Å². The molecule has 0 N–H and O–H groups in total. The van der Waals surface area contributed by atoms with Crippen molar-refractivity contribution in [2.45, 2.75) is 3.79 Å². The van der Waals surface area contributed by atoms with Crippen molar-refractivity contribution in [3.63, 3.8) is 0 Å². The Hall–Kier alpha value is -0.190. The molecule has 0 spiro atoms. The second-order valence-corrected chi connectivity index (χ2v) is 6.13. The van der Waals surface area contributed by atoms with Gasteiger partial charge in [-0.15, -0.1) is 10.2 Å². The molecule has 3 nitrogen and oxygen atoms in total. The molecule has 2 rings (SSSR count). The lowest BCUT2D eigenvalue weighted by Gasteiger charge is -2.02. The fourth-order valence-electron chi connectivity index (χ4n) is 1.08. The van der Waals surface area contributed by atoms with E-state index in [1.807, 2.05) is 0 Å². The summed E-state index contributed by atoms with van der Waals surface area (Å²) in [6.45, 7) is 0. The van der Waals surface area contributed by atoms with Crippen molar-refractivity contribution in [3.05, 3.63) is 34.1 Å². The second-order valence-electron chi connectivity index (χ2n) is 3.04. The quantitative estimate of drug-likeness (QED) is 0.699. The van der Waals surface area contributed by atoms with Crippen LogP contribution in [0.4, 0.5) is 0 Å². The third-order valence-corrected chi connectivity index (χ3v) is 3.06. The van der Waals surface area contributed by atoms with Crippen LogP contribution in [-0.4, -0.2) is 10.2 Å². The Kier molecular flexibility index (Phi) is 3.76. The van der Waals surface area contributed by atoms with E-state index in [9.17, 15) is 0 Å². The summed E-state index contributed by atoms with van der Waals surface area (Å²) in [6, 6.07) is 4.86. The van der Waals surface area contributed by atoms with Crippen LogP contribution in [0.15, 0.2) is 22.6 Å². The maximum Gasteiger partial charge on any atom is 0.268 e. The molecule has 0 saturated carbocycles. The van der Waals surface area contributed by atoms with Gasteiger partial charge in [0.15, 0.2) is 0 Å². The van der Waals surface area contributed by atoms with Crippen molar-refractivity contribution >= 4 is 58.0 Å². The van der Waals surface area contributed by atoms with E-state index in [4.69, 9.17) is 62.4 Å². The molecule has 1 aromatic heterocycles. The topological polar surface area (TPSA) is 38.9 Å². The maximum absolute atomic E-state index is 5.86. The molecule has 8 heteroatoms. The van der Waals surface area contributed by atoms with Crippen LogP contribution in [0.1, 0.15) is 5.89 Å². The Morgan fingerprint density at radius 3 is 2.24 bits per heavy atom. The van der Waals surface area contributed by atoms with E-state index in [1.54, 1.807) is 18.2 Å². The van der Waals surface area contributed by atoms with Crippen LogP contribution in [0.5, 0.6) is 0 Å². The molecule has 17 heavy (non-hydrogen) atoms. The Bertz CT molecular complexity index is 549. The Labute approximate surface area is 122 Å². The summed E-state index contributed by atoms with van der Waals surface area (Å²) in [5.74, 6) is 0.0912. The summed E-state index contributed by atoms with van der Waals surface area (Å²) in [5.41, 5.74) is 0.590. The predicted octanol–water partition coefficient (Wildman–Crippen LogP) is 4.87. The van der Waals surface area contributed by atoms with E-state index in [0.717, 1.165) is 0 Å².